The molecule has 0 radical (unpaired) electrons. The average molecular weight is 421 g/mol. The van der Waals surface area contributed by atoms with Crippen molar-refractivity contribution in [2.24, 2.45) is 4.99 Å². The second kappa shape index (κ2) is 7.75. The summed E-state index contributed by atoms with van der Waals surface area (Å²) in [6, 6.07) is 13.6. The van der Waals surface area contributed by atoms with Crippen LogP contribution in [0, 0.1) is 5.82 Å². The normalized spacial score (nSPS) is 22.8. The molecule has 0 bridgehead atoms. The van der Waals surface area contributed by atoms with E-state index >= 15 is 0 Å². The summed E-state index contributed by atoms with van der Waals surface area (Å²) >= 11 is 1.61. The van der Waals surface area contributed by atoms with Gasteiger partial charge in [-0.1, -0.05) is 23.9 Å². The van der Waals surface area contributed by atoms with Crippen LogP contribution in [0.25, 0.3) is 0 Å². The predicted octanol–water partition coefficient (Wildman–Crippen LogP) is 3.15. The molecule has 148 valence electrons. The summed E-state index contributed by atoms with van der Waals surface area (Å²) in [4.78, 5) is 6.66. The zero-order valence-electron chi connectivity index (χ0n) is 15.4. The monoisotopic (exact) mass is 420 g/mol. The van der Waals surface area contributed by atoms with Gasteiger partial charge in [-0.05, 0) is 48.4 Å². The second-order valence-corrected chi connectivity index (χ2v) is 10.1. The van der Waals surface area contributed by atoms with Crippen LogP contribution < -0.4 is 9.64 Å². The smallest absolute Gasteiger partial charge is 0.164 e. The molecule has 0 amide bonds. The van der Waals surface area contributed by atoms with Crippen LogP contribution in [-0.2, 0) is 16.3 Å². The molecule has 2 heterocycles. The molecule has 0 spiro atoms. The van der Waals surface area contributed by atoms with Gasteiger partial charge in [-0.3, -0.25) is 4.99 Å². The first-order valence-electron chi connectivity index (χ1n) is 9.04. The van der Waals surface area contributed by atoms with Gasteiger partial charge in [0.1, 0.15) is 11.6 Å². The maximum Gasteiger partial charge on any atom is 0.164 e. The van der Waals surface area contributed by atoms with Crippen LogP contribution in [0.1, 0.15) is 5.56 Å². The Morgan fingerprint density at radius 3 is 2.54 bits per heavy atom. The minimum Gasteiger partial charge on any atom is -0.497 e. The maximum atomic E-state index is 13.3. The van der Waals surface area contributed by atoms with Crippen molar-refractivity contribution in [3.05, 3.63) is 59.9 Å². The van der Waals surface area contributed by atoms with Crippen molar-refractivity contribution < 1.29 is 17.5 Å². The van der Waals surface area contributed by atoms with Crippen LogP contribution in [0.4, 0.5) is 10.1 Å². The number of aryl methyl sites for hydroxylation is 1. The molecule has 2 aromatic rings. The largest absolute Gasteiger partial charge is 0.497 e. The van der Waals surface area contributed by atoms with Gasteiger partial charge in [0, 0.05) is 11.4 Å². The fraction of sp³-hybridized carbons (Fsp3) is 0.350. The van der Waals surface area contributed by atoms with Crippen LogP contribution in [0.5, 0.6) is 5.75 Å². The SMILES string of the molecule is COc1ccc(CCSC2=NC3CS(=O)(=O)CC3N2c2ccc(F)cc2)cc1. The van der Waals surface area contributed by atoms with E-state index in [1.54, 1.807) is 31.0 Å². The lowest BCUT2D eigenvalue weighted by molar-refractivity contribution is 0.414. The molecule has 0 aliphatic carbocycles. The van der Waals surface area contributed by atoms with Gasteiger partial charge in [0.2, 0.25) is 0 Å². The molecule has 5 nitrogen and oxygen atoms in total. The Bertz CT molecular complexity index is 976. The van der Waals surface area contributed by atoms with E-state index in [0.717, 1.165) is 28.8 Å². The minimum atomic E-state index is -3.09. The van der Waals surface area contributed by atoms with Crippen molar-refractivity contribution in [2.45, 2.75) is 18.5 Å². The molecule has 2 aromatic carbocycles. The van der Waals surface area contributed by atoms with Gasteiger partial charge in [-0.15, -0.1) is 0 Å². The fourth-order valence-corrected chi connectivity index (χ4v) is 6.54. The number of hydrogen-bond acceptors (Lipinski definition) is 6. The lowest BCUT2D eigenvalue weighted by atomic mass is 10.1. The fourth-order valence-electron chi connectivity index (χ4n) is 3.59. The van der Waals surface area contributed by atoms with Crippen molar-refractivity contribution in [1.82, 2.24) is 0 Å². The van der Waals surface area contributed by atoms with Crippen molar-refractivity contribution >= 4 is 32.5 Å². The second-order valence-electron chi connectivity index (χ2n) is 6.92. The summed E-state index contributed by atoms with van der Waals surface area (Å²) in [6.07, 6.45) is 0.860. The number of benzene rings is 2. The molecule has 2 atom stereocenters. The third-order valence-electron chi connectivity index (χ3n) is 4.99. The molecule has 28 heavy (non-hydrogen) atoms. The first kappa shape index (κ1) is 19.3. The van der Waals surface area contributed by atoms with Crippen molar-refractivity contribution in [3.63, 3.8) is 0 Å². The number of sulfone groups is 1. The molecule has 1 fully saturated rings. The van der Waals surface area contributed by atoms with E-state index in [-0.39, 0.29) is 29.4 Å². The summed E-state index contributed by atoms with van der Waals surface area (Å²) in [5, 5.41) is 0.810. The number of hydrogen-bond donors (Lipinski definition) is 0. The number of fused-ring (bicyclic) bond motifs is 1. The Hall–Kier alpha value is -2.06. The summed E-state index contributed by atoms with van der Waals surface area (Å²) in [5.41, 5.74) is 1.98. The lowest BCUT2D eigenvalue weighted by Crippen LogP contribution is -2.39. The standard InChI is InChI=1S/C20H21FN2O3S2/c1-26-17-8-2-14(3-9-17)10-11-27-20-22-18-12-28(24,25)13-19(18)23(20)16-6-4-15(21)5-7-16/h2-9,18-19H,10-13H2,1H3. The summed E-state index contributed by atoms with van der Waals surface area (Å²) in [5.74, 6) is 1.49. The Labute approximate surface area is 168 Å². The van der Waals surface area contributed by atoms with Gasteiger partial charge in [-0.25, -0.2) is 12.8 Å². The Morgan fingerprint density at radius 2 is 1.86 bits per heavy atom. The van der Waals surface area contributed by atoms with Gasteiger partial charge in [0.05, 0.1) is 30.7 Å². The molecule has 8 heteroatoms. The van der Waals surface area contributed by atoms with E-state index in [2.05, 4.69) is 0 Å². The molecular weight excluding hydrogens is 399 g/mol. The molecule has 0 aromatic heterocycles. The van der Waals surface area contributed by atoms with E-state index in [9.17, 15) is 12.8 Å². The number of amidine groups is 1. The molecule has 2 unspecified atom stereocenters. The number of ether oxygens (including phenoxy) is 1. The number of halogens is 1. The quantitative estimate of drug-likeness (QED) is 0.744. The Kier molecular flexibility index (Phi) is 5.33. The van der Waals surface area contributed by atoms with Crippen molar-refractivity contribution in [1.29, 1.82) is 0 Å². The van der Waals surface area contributed by atoms with Gasteiger partial charge in [-0.2, -0.15) is 0 Å². The van der Waals surface area contributed by atoms with Crippen LogP contribution in [0.2, 0.25) is 0 Å². The van der Waals surface area contributed by atoms with Gasteiger partial charge >= 0.3 is 0 Å². The van der Waals surface area contributed by atoms with Gasteiger partial charge in [0.25, 0.3) is 0 Å². The van der Waals surface area contributed by atoms with Crippen LogP contribution >= 0.6 is 11.8 Å². The van der Waals surface area contributed by atoms with Gasteiger partial charge < -0.3 is 9.64 Å². The molecule has 0 N–H and O–H groups in total. The molecule has 0 saturated carbocycles. The van der Waals surface area contributed by atoms with Crippen LogP contribution in [0.15, 0.2) is 53.5 Å². The highest BCUT2D eigenvalue weighted by Gasteiger charge is 2.47. The third kappa shape index (κ3) is 4.03. The molecule has 4 rings (SSSR count). The highest BCUT2D eigenvalue weighted by Crippen LogP contribution is 2.35. The first-order valence-corrected chi connectivity index (χ1v) is 11.8. The van der Waals surface area contributed by atoms with Crippen molar-refractivity contribution in [2.75, 3.05) is 29.3 Å². The first-order chi connectivity index (χ1) is 13.4. The third-order valence-corrected chi connectivity index (χ3v) is 7.66. The van der Waals surface area contributed by atoms with E-state index < -0.39 is 9.84 Å². The highest BCUT2D eigenvalue weighted by atomic mass is 32.2. The molecular formula is C20H21FN2O3S2. The van der Waals surface area contributed by atoms with E-state index in [0.29, 0.717) is 0 Å². The van der Waals surface area contributed by atoms with Crippen molar-refractivity contribution in [3.8, 4) is 5.75 Å². The number of nitrogens with zero attached hydrogens (tertiary/aromatic N) is 2. The number of thioether (sulfide) groups is 1. The Balaban J connectivity index is 1.49. The van der Waals surface area contributed by atoms with Gasteiger partial charge in [0.15, 0.2) is 15.0 Å². The number of anilines is 1. The molecule has 2 aliphatic rings. The zero-order valence-corrected chi connectivity index (χ0v) is 17.0. The van der Waals surface area contributed by atoms with E-state index in [4.69, 9.17) is 9.73 Å². The number of rotatable bonds is 5. The topological polar surface area (TPSA) is 59.0 Å². The number of aliphatic imine (C=N–C) groups is 1. The van der Waals surface area contributed by atoms with E-state index in [1.807, 2.05) is 29.2 Å². The minimum absolute atomic E-state index is 0.0813. The lowest BCUT2D eigenvalue weighted by Gasteiger charge is -2.26. The van der Waals surface area contributed by atoms with Crippen LogP contribution in [-0.4, -0.2) is 50.0 Å². The van der Waals surface area contributed by atoms with E-state index in [1.165, 1.54) is 17.7 Å². The highest BCUT2D eigenvalue weighted by molar-refractivity contribution is 8.14. The summed E-state index contributed by atoms with van der Waals surface area (Å²) < 4.78 is 42.6. The maximum absolute atomic E-state index is 13.3. The Morgan fingerprint density at radius 1 is 1.14 bits per heavy atom. The molecule has 1 saturated heterocycles. The summed E-state index contributed by atoms with van der Waals surface area (Å²) in [7, 11) is -1.45. The molecule has 2 aliphatic heterocycles. The average Bonchev–Trinajstić information content (AvgIpc) is 3.14. The van der Waals surface area contributed by atoms with Crippen LogP contribution in [0.3, 0.4) is 0 Å². The predicted molar refractivity (Wildman–Crippen MR) is 112 cm³/mol. The zero-order chi connectivity index (χ0) is 19.7. The number of methoxy groups -OCH3 is 1. The summed E-state index contributed by atoms with van der Waals surface area (Å²) in [6.45, 7) is 0.